The van der Waals surface area contributed by atoms with Crippen LogP contribution in [0.15, 0.2) is 23.7 Å². The highest BCUT2D eigenvalue weighted by molar-refractivity contribution is 7.09. The zero-order valence-electron chi connectivity index (χ0n) is 14.1. The minimum Gasteiger partial charge on any atom is -0.378 e. The minimum atomic E-state index is 0.0760. The smallest absolute Gasteiger partial charge is 0.122 e. The van der Waals surface area contributed by atoms with Gasteiger partial charge < -0.3 is 14.0 Å². The van der Waals surface area contributed by atoms with Gasteiger partial charge in [-0.15, -0.1) is 11.3 Å². The number of morpholine rings is 1. The molecule has 2 aromatic rings. The van der Waals surface area contributed by atoms with E-state index in [9.17, 15) is 0 Å². The quantitative estimate of drug-likeness (QED) is 0.813. The van der Waals surface area contributed by atoms with E-state index < -0.39 is 0 Å². The first-order valence-electron chi connectivity index (χ1n) is 8.18. The van der Waals surface area contributed by atoms with Gasteiger partial charge in [-0.2, -0.15) is 0 Å². The van der Waals surface area contributed by atoms with Crippen LogP contribution >= 0.6 is 11.3 Å². The molecule has 3 heterocycles. The molecule has 0 bridgehead atoms. The van der Waals surface area contributed by atoms with Crippen molar-refractivity contribution in [3.05, 3.63) is 40.1 Å². The molecule has 6 heteroatoms. The van der Waals surface area contributed by atoms with Crippen molar-refractivity contribution in [1.82, 2.24) is 14.5 Å². The molecule has 0 aromatic carbocycles. The molecule has 1 aliphatic rings. The Kier molecular flexibility index (Phi) is 5.48. The van der Waals surface area contributed by atoms with Crippen molar-refractivity contribution in [2.45, 2.75) is 32.5 Å². The molecule has 2 atom stereocenters. The van der Waals surface area contributed by atoms with E-state index in [4.69, 9.17) is 14.5 Å². The third kappa shape index (κ3) is 3.83. The summed E-state index contributed by atoms with van der Waals surface area (Å²) in [5.74, 6) is 0. The molecule has 0 unspecified atom stereocenters. The molecule has 0 spiro atoms. The molecule has 23 heavy (non-hydrogen) atoms. The van der Waals surface area contributed by atoms with Crippen LogP contribution in [-0.2, 0) is 23.1 Å². The third-order valence-electron chi connectivity index (χ3n) is 4.26. The number of aromatic nitrogens is 2. The van der Waals surface area contributed by atoms with E-state index in [-0.39, 0.29) is 6.10 Å². The van der Waals surface area contributed by atoms with E-state index in [2.05, 4.69) is 47.1 Å². The summed E-state index contributed by atoms with van der Waals surface area (Å²) in [7, 11) is 2.09. The van der Waals surface area contributed by atoms with Gasteiger partial charge in [0.2, 0.25) is 0 Å². The van der Waals surface area contributed by atoms with Gasteiger partial charge in [0.1, 0.15) is 11.1 Å². The largest absolute Gasteiger partial charge is 0.378 e. The molecule has 0 amide bonds. The van der Waals surface area contributed by atoms with E-state index in [0.717, 1.165) is 43.6 Å². The molecule has 0 saturated carbocycles. The van der Waals surface area contributed by atoms with Gasteiger partial charge in [0.25, 0.3) is 0 Å². The predicted molar refractivity (Wildman–Crippen MR) is 91.5 cm³/mol. The lowest BCUT2D eigenvalue weighted by Gasteiger charge is -2.35. The Balaban J connectivity index is 1.71. The van der Waals surface area contributed by atoms with Crippen LogP contribution in [-0.4, -0.2) is 40.8 Å². The number of rotatable bonds is 6. The van der Waals surface area contributed by atoms with Gasteiger partial charge in [-0.05, 0) is 26.0 Å². The second-order valence-electron chi connectivity index (χ2n) is 5.88. The molecule has 1 fully saturated rings. The first-order chi connectivity index (χ1) is 11.2. The summed E-state index contributed by atoms with van der Waals surface area (Å²) >= 11 is 1.69. The molecular formula is C17H25N3O2S. The second-order valence-corrected chi connectivity index (χ2v) is 6.77. The summed E-state index contributed by atoms with van der Waals surface area (Å²) < 4.78 is 13.5. The predicted octanol–water partition coefficient (Wildman–Crippen LogP) is 3.15. The molecule has 0 N–H and O–H groups in total. The summed E-state index contributed by atoms with van der Waals surface area (Å²) in [5, 5.41) is 3.22. The number of thiazole rings is 1. The highest BCUT2D eigenvalue weighted by Gasteiger charge is 2.27. The monoisotopic (exact) mass is 335 g/mol. The maximum absolute atomic E-state index is 5.71. The average Bonchev–Trinajstić information content (AvgIpc) is 3.17. The van der Waals surface area contributed by atoms with E-state index in [0.29, 0.717) is 6.04 Å². The molecule has 3 rings (SSSR count). The maximum atomic E-state index is 5.71. The molecule has 5 nitrogen and oxygen atoms in total. The topological polar surface area (TPSA) is 39.5 Å². The van der Waals surface area contributed by atoms with Crippen molar-refractivity contribution in [3.63, 3.8) is 0 Å². The molecule has 0 aliphatic carbocycles. The van der Waals surface area contributed by atoms with Crippen LogP contribution in [0.5, 0.6) is 0 Å². The minimum absolute atomic E-state index is 0.0760. The van der Waals surface area contributed by atoms with Crippen LogP contribution in [0, 0.1) is 0 Å². The standard InChI is InChI=1S/C17H25N3O2S/c1-4-22-13(2)17-18-14(12-23-17)10-20-8-9-21-11-16(20)15-6-5-7-19(15)3/h5-7,12-13,16H,4,8-11H2,1-3H3/t13-,16+/m0/s1. The Bertz CT molecular complexity index is 625. The number of hydrogen-bond donors (Lipinski definition) is 0. The van der Waals surface area contributed by atoms with Crippen molar-refractivity contribution in [3.8, 4) is 0 Å². The highest BCUT2D eigenvalue weighted by atomic mass is 32.1. The Morgan fingerprint density at radius 1 is 1.52 bits per heavy atom. The van der Waals surface area contributed by atoms with E-state index in [1.807, 2.05) is 6.92 Å². The molecule has 126 valence electrons. The van der Waals surface area contributed by atoms with Gasteiger partial charge in [-0.3, -0.25) is 4.90 Å². The second kappa shape index (κ2) is 7.57. The van der Waals surface area contributed by atoms with Crippen molar-refractivity contribution < 1.29 is 9.47 Å². The van der Waals surface area contributed by atoms with Gasteiger partial charge in [0.05, 0.1) is 24.9 Å². The van der Waals surface area contributed by atoms with Gasteiger partial charge in [0, 0.05) is 44.0 Å². The van der Waals surface area contributed by atoms with Gasteiger partial charge in [-0.25, -0.2) is 4.98 Å². The normalized spacial score (nSPS) is 20.7. The third-order valence-corrected chi connectivity index (χ3v) is 5.32. The van der Waals surface area contributed by atoms with E-state index >= 15 is 0 Å². The van der Waals surface area contributed by atoms with Crippen molar-refractivity contribution in [1.29, 1.82) is 0 Å². The fourth-order valence-electron chi connectivity index (χ4n) is 3.03. The van der Waals surface area contributed by atoms with Crippen LogP contribution in [0.3, 0.4) is 0 Å². The Morgan fingerprint density at radius 2 is 2.39 bits per heavy atom. The molecule has 2 aromatic heterocycles. The number of ether oxygens (including phenoxy) is 2. The van der Waals surface area contributed by atoms with Gasteiger partial charge >= 0.3 is 0 Å². The van der Waals surface area contributed by atoms with E-state index in [1.165, 1.54) is 5.69 Å². The summed E-state index contributed by atoms with van der Waals surface area (Å²) in [4.78, 5) is 7.23. The zero-order chi connectivity index (χ0) is 16.2. The SMILES string of the molecule is CCO[C@@H](C)c1nc(CN2CCOC[C@@H]2c2cccn2C)cs1. The Morgan fingerprint density at radius 3 is 3.13 bits per heavy atom. The van der Waals surface area contributed by atoms with E-state index in [1.54, 1.807) is 11.3 Å². The summed E-state index contributed by atoms with van der Waals surface area (Å²) in [6, 6.07) is 4.56. The molecule has 1 aliphatic heterocycles. The fraction of sp³-hybridized carbons (Fsp3) is 0.588. The lowest BCUT2D eigenvalue weighted by molar-refractivity contribution is -0.0157. The molecule has 1 saturated heterocycles. The average molecular weight is 335 g/mol. The number of aryl methyl sites for hydroxylation is 1. The maximum Gasteiger partial charge on any atom is 0.122 e. The zero-order valence-corrected chi connectivity index (χ0v) is 14.9. The highest BCUT2D eigenvalue weighted by Crippen LogP contribution is 2.27. The van der Waals surface area contributed by atoms with Crippen molar-refractivity contribution >= 4 is 11.3 Å². The van der Waals surface area contributed by atoms with Crippen molar-refractivity contribution in [2.24, 2.45) is 7.05 Å². The van der Waals surface area contributed by atoms with Crippen LogP contribution in [0.1, 0.15) is 42.4 Å². The van der Waals surface area contributed by atoms with Gasteiger partial charge in [-0.1, -0.05) is 0 Å². The lowest BCUT2D eigenvalue weighted by atomic mass is 10.1. The van der Waals surface area contributed by atoms with Crippen LogP contribution in [0.25, 0.3) is 0 Å². The first kappa shape index (κ1) is 16.6. The van der Waals surface area contributed by atoms with Crippen LogP contribution in [0.4, 0.5) is 0 Å². The van der Waals surface area contributed by atoms with Crippen LogP contribution in [0.2, 0.25) is 0 Å². The fourth-order valence-corrected chi connectivity index (χ4v) is 3.85. The van der Waals surface area contributed by atoms with Gasteiger partial charge in [0.15, 0.2) is 0 Å². The number of hydrogen-bond acceptors (Lipinski definition) is 5. The lowest BCUT2D eigenvalue weighted by Crippen LogP contribution is -2.39. The van der Waals surface area contributed by atoms with Crippen LogP contribution < -0.4 is 0 Å². The summed E-state index contributed by atoms with van der Waals surface area (Å²) in [6.07, 6.45) is 2.17. The Labute approximate surface area is 141 Å². The summed E-state index contributed by atoms with van der Waals surface area (Å²) in [5.41, 5.74) is 2.42. The first-order valence-corrected chi connectivity index (χ1v) is 9.06. The Hall–Kier alpha value is -1.21. The van der Waals surface area contributed by atoms with Crippen molar-refractivity contribution in [2.75, 3.05) is 26.4 Å². The number of nitrogens with zero attached hydrogens (tertiary/aromatic N) is 3. The molecule has 0 radical (unpaired) electrons. The summed E-state index contributed by atoms with van der Waals surface area (Å²) in [6.45, 7) is 8.11. The molecular weight excluding hydrogens is 310 g/mol.